The zero-order valence-corrected chi connectivity index (χ0v) is 20.5. The number of ether oxygens (including phenoxy) is 1. The molecule has 11 heteroatoms. The van der Waals surface area contributed by atoms with Crippen LogP contribution in [0.4, 0.5) is 27.6 Å². The molecule has 198 valence electrons. The van der Waals surface area contributed by atoms with E-state index in [4.69, 9.17) is 16.3 Å². The molecule has 1 aliphatic heterocycles. The summed E-state index contributed by atoms with van der Waals surface area (Å²) in [4.78, 5) is 26.0. The molecule has 1 fully saturated rings. The Bertz CT molecular complexity index is 1450. The number of rotatable bonds is 5. The number of carbonyl (C=O) groups is 2. The first-order valence-corrected chi connectivity index (χ1v) is 12.1. The summed E-state index contributed by atoms with van der Waals surface area (Å²) < 4.78 is 73.6. The highest BCUT2D eigenvalue weighted by atomic mass is 35.5. The zero-order valence-electron chi connectivity index (χ0n) is 19.8. The average Bonchev–Trinajstić information content (AvgIpc) is 3.15. The van der Waals surface area contributed by atoms with Gasteiger partial charge in [0.2, 0.25) is 0 Å². The number of alkyl halides is 3. The van der Waals surface area contributed by atoms with Gasteiger partial charge in [-0.3, -0.25) is 9.59 Å². The quantitative estimate of drug-likeness (QED) is 0.340. The van der Waals surface area contributed by atoms with E-state index in [2.05, 4.69) is 17.6 Å². The first kappa shape index (κ1) is 26.0. The lowest BCUT2D eigenvalue weighted by Crippen LogP contribution is -2.32. The first-order chi connectivity index (χ1) is 17.9. The lowest BCUT2D eigenvalue weighted by atomic mass is 9.84. The van der Waals surface area contributed by atoms with Crippen molar-refractivity contribution in [3.8, 4) is 5.75 Å². The summed E-state index contributed by atoms with van der Waals surface area (Å²) >= 11 is 6.28. The fourth-order valence-electron chi connectivity index (χ4n) is 4.74. The van der Waals surface area contributed by atoms with Gasteiger partial charge in [0.05, 0.1) is 29.0 Å². The van der Waals surface area contributed by atoms with E-state index in [-0.39, 0.29) is 45.3 Å². The van der Waals surface area contributed by atoms with Crippen molar-refractivity contribution < 1.29 is 36.3 Å². The standard InChI is InChI=1S/C27H20ClF5N2O3/c1-12-4-17(5-12)38-18-10-20-23(24(35-26(20)37)19-9-15(29)2-3-21(19)28)22(11-18)34-25(36)13-6-14(27(31,32)33)8-16(30)7-13/h2-3,6-12,17,24H,4-5H2,1H3,(H,34,36)(H,35,37)/t12?,17?,24-/m1/s1. The molecule has 38 heavy (non-hydrogen) atoms. The minimum atomic E-state index is -4.87. The molecule has 0 unspecified atom stereocenters. The molecule has 1 atom stereocenters. The van der Waals surface area contributed by atoms with E-state index in [9.17, 15) is 31.5 Å². The molecule has 1 heterocycles. The monoisotopic (exact) mass is 550 g/mol. The van der Waals surface area contributed by atoms with E-state index < -0.39 is 46.8 Å². The van der Waals surface area contributed by atoms with Gasteiger partial charge in [-0.05, 0) is 61.2 Å². The van der Waals surface area contributed by atoms with E-state index in [0.29, 0.717) is 18.1 Å². The number of fused-ring (bicyclic) bond motifs is 1. The van der Waals surface area contributed by atoms with Gasteiger partial charge in [-0.1, -0.05) is 18.5 Å². The van der Waals surface area contributed by atoms with Crippen LogP contribution in [0.2, 0.25) is 5.02 Å². The predicted molar refractivity (Wildman–Crippen MR) is 129 cm³/mol. The number of anilines is 1. The Kier molecular flexibility index (Phi) is 6.54. The van der Waals surface area contributed by atoms with Crippen LogP contribution in [0.3, 0.4) is 0 Å². The SMILES string of the molecule is CC1CC(Oc2cc(NC(=O)c3cc(F)cc(C(F)(F)F)c3)c3c(c2)C(=O)N[C@@H]3c2cc(F)ccc2Cl)C1. The third-order valence-corrected chi connectivity index (χ3v) is 6.94. The fourth-order valence-corrected chi connectivity index (χ4v) is 4.97. The summed E-state index contributed by atoms with van der Waals surface area (Å²) in [5.74, 6) is -2.73. The second kappa shape index (κ2) is 9.58. The van der Waals surface area contributed by atoms with Crippen LogP contribution in [0.15, 0.2) is 48.5 Å². The zero-order chi connectivity index (χ0) is 27.4. The van der Waals surface area contributed by atoms with Gasteiger partial charge in [0.25, 0.3) is 11.8 Å². The molecule has 0 saturated heterocycles. The van der Waals surface area contributed by atoms with Crippen molar-refractivity contribution in [2.24, 2.45) is 5.92 Å². The molecule has 1 aliphatic carbocycles. The van der Waals surface area contributed by atoms with Crippen LogP contribution >= 0.6 is 11.6 Å². The van der Waals surface area contributed by atoms with Crippen molar-refractivity contribution in [2.75, 3.05) is 5.32 Å². The van der Waals surface area contributed by atoms with Crippen molar-refractivity contribution in [3.05, 3.63) is 93.0 Å². The summed E-state index contributed by atoms with van der Waals surface area (Å²) in [5, 5.41) is 5.34. The van der Waals surface area contributed by atoms with Gasteiger partial charge in [-0.25, -0.2) is 8.78 Å². The van der Waals surface area contributed by atoms with Crippen molar-refractivity contribution in [1.29, 1.82) is 0 Å². The van der Waals surface area contributed by atoms with Crippen LogP contribution in [0.1, 0.15) is 63.2 Å². The number of benzene rings is 3. The smallest absolute Gasteiger partial charge is 0.416 e. The second-order valence-electron chi connectivity index (χ2n) is 9.50. The number of halogens is 6. The van der Waals surface area contributed by atoms with Gasteiger partial charge in [0.1, 0.15) is 17.4 Å². The number of hydrogen-bond acceptors (Lipinski definition) is 3. The van der Waals surface area contributed by atoms with Crippen molar-refractivity contribution >= 4 is 29.1 Å². The maximum Gasteiger partial charge on any atom is 0.416 e. The molecule has 5 nitrogen and oxygen atoms in total. The van der Waals surface area contributed by atoms with E-state index in [1.165, 1.54) is 18.2 Å². The molecule has 3 aromatic rings. The van der Waals surface area contributed by atoms with Crippen LogP contribution in [-0.2, 0) is 6.18 Å². The van der Waals surface area contributed by atoms with Crippen molar-refractivity contribution in [2.45, 2.75) is 38.1 Å². The third kappa shape index (κ3) is 5.05. The Labute approximate surface area is 218 Å². The molecule has 3 aromatic carbocycles. The van der Waals surface area contributed by atoms with Crippen LogP contribution in [0.25, 0.3) is 0 Å². The van der Waals surface area contributed by atoms with Gasteiger partial charge in [-0.2, -0.15) is 13.2 Å². The predicted octanol–water partition coefficient (Wildman–Crippen LogP) is 6.90. The number of nitrogens with one attached hydrogen (secondary N) is 2. The molecule has 2 aliphatic rings. The van der Waals surface area contributed by atoms with Crippen molar-refractivity contribution in [1.82, 2.24) is 5.32 Å². The van der Waals surface area contributed by atoms with E-state index >= 15 is 0 Å². The second-order valence-corrected chi connectivity index (χ2v) is 9.91. The molecular weight excluding hydrogens is 531 g/mol. The molecule has 5 rings (SSSR count). The lowest BCUT2D eigenvalue weighted by molar-refractivity contribution is -0.137. The van der Waals surface area contributed by atoms with Crippen molar-refractivity contribution in [3.63, 3.8) is 0 Å². The van der Waals surface area contributed by atoms with Gasteiger partial charge in [0.15, 0.2) is 0 Å². The molecule has 0 spiro atoms. The highest BCUT2D eigenvalue weighted by molar-refractivity contribution is 6.31. The molecule has 0 aromatic heterocycles. The van der Waals surface area contributed by atoms with Crippen LogP contribution in [0.5, 0.6) is 5.75 Å². The van der Waals surface area contributed by atoms with E-state index in [1.807, 2.05) is 0 Å². The van der Waals surface area contributed by atoms with Crippen LogP contribution in [-0.4, -0.2) is 17.9 Å². The minimum absolute atomic E-state index is 0.0244. The number of carbonyl (C=O) groups excluding carboxylic acids is 2. The fraction of sp³-hybridized carbons (Fsp3) is 0.259. The van der Waals surface area contributed by atoms with Crippen LogP contribution in [0, 0.1) is 17.6 Å². The topological polar surface area (TPSA) is 67.4 Å². The largest absolute Gasteiger partial charge is 0.490 e. The number of hydrogen-bond donors (Lipinski definition) is 2. The van der Waals surface area contributed by atoms with Gasteiger partial charge >= 0.3 is 6.18 Å². The maximum absolute atomic E-state index is 14.1. The van der Waals surface area contributed by atoms with Gasteiger partial charge in [0, 0.05) is 27.8 Å². The summed E-state index contributed by atoms with van der Waals surface area (Å²) in [6, 6.07) is 7.02. The highest BCUT2D eigenvalue weighted by Crippen LogP contribution is 2.42. The van der Waals surface area contributed by atoms with E-state index in [0.717, 1.165) is 25.0 Å². The molecule has 1 saturated carbocycles. The molecule has 2 amide bonds. The van der Waals surface area contributed by atoms with Gasteiger partial charge in [-0.15, -0.1) is 0 Å². The van der Waals surface area contributed by atoms with Crippen LogP contribution < -0.4 is 15.4 Å². The normalized spacial score (nSPS) is 20.4. The highest BCUT2D eigenvalue weighted by Gasteiger charge is 2.37. The summed E-state index contributed by atoms with van der Waals surface area (Å²) in [6.07, 6.45) is -3.41. The molecular formula is C27H20ClF5N2O3. The minimum Gasteiger partial charge on any atom is -0.490 e. The Balaban J connectivity index is 1.58. The summed E-state index contributed by atoms with van der Waals surface area (Å²) in [7, 11) is 0. The van der Waals surface area contributed by atoms with Gasteiger partial charge < -0.3 is 15.4 Å². The summed E-state index contributed by atoms with van der Waals surface area (Å²) in [6.45, 7) is 2.06. The first-order valence-electron chi connectivity index (χ1n) is 11.7. The Morgan fingerprint density at radius 2 is 1.79 bits per heavy atom. The third-order valence-electron chi connectivity index (χ3n) is 6.60. The average molecular weight is 551 g/mol. The summed E-state index contributed by atoms with van der Waals surface area (Å²) in [5.41, 5.74) is -1.34. The molecule has 0 radical (unpaired) electrons. The molecule has 0 bridgehead atoms. The molecule has 2 N–H and O–H groups in total. The maximum atomic E-state index is 14.1. The Hall–Kier alpha value is -3.66. The lowest BCUT2D eigenvalue weighted by Gasteiger charge is -2.33. The Morgan fingerprint density at radius 1 is 1.05 bits per heavy atom. The number of amides is 2. The van der Waals surface area contributed by atoms with E-state index in [1.54, 1.807) is 0 Å². The Morgan fingerprint density at radius 3 is 2.47 bits per heavy atom.